The second-order valence-corrected chi connectivity index (χ2v) is 10.5. The molecule has 210 valence electrons. The Hall–Kier alpha value is -5.36. The highest BCUT2D eigenvalue weighted by Crippen LogP contribution is 2.46. The van der Waals surface area contributed by atoms with Crippen molar-refractivity contribution in [3.8, 4) is 34.5 Å². The molecule has 0 aliphatic rings. The van der Waals surface area contributed by atoms with E-state index in [1.54, 1.807) is 49.6 Å². The van der Waals surface area contributed by atoms with Crippen molar-refractivity contribution in [3.63, 3.8) is 0 Å². The van der Waals surface area contributed by atoms with Crippen LogP contribution in [0.5, 0.6) is 34.5 Å². The number of benzene rings is 6. The van der Waals surface area contributed by atoms with Crippen LogP contribution in [0.15, 0.2) is 97.1 Å². The molecule has 5 N–H and O–H groups in total. The van der Waals surface area contributed by atoms with Gasteiger partial charge in [0.2, 0.25) is 0 Å². The number of fused-ring (bicyclic) bond motifs is 3. The van der Waals surface area contributed by atoms with Gasteiger partial charge in [-0.3, -0.25) is 0 Å². The Labute approximate surface area is 243 Å². The molecule has 6 heteroatoms. The maximum atomic E-state index is 11.8. The molecule has 0 bridgehead atoms. The van der Waals surface area contributed by atoms with Crippen LogP contribution in [0.25, 0.3) is 21.5 Å². The number of rotatable bonds is 7. The van der Waals surface area contributed by atoms with E-state index in [4.69, 9.17) is 4.74 Å². The number of ether oxygens (including phenoxy) is 1. The summed E-state index contributed by atoms with van der Waals surface area (Å²) in [6, 6.07) is 28.2. The van der Waals surface area contributed by atoms with Crippen molar-refractivity contribution < 1.29 is 30.3 Å². The number of phenols is 5. The summed E-state index contributed by atoms with van der Waals surface area (Å²) in [6.07, 6.45) is 1.23. The van der Waals surface area contributed by atoms with E-state index in [0.717, 1.165) is 49.4 Å². The predicted molar refractivity (Wildman–Crippen MR) is 164 cm³/mol. The molecule has 0 saturated heterocycles. The molecule has 6 rings (SSSR count). The highest BCUT2D eigenvalue weighted by atomic mass is 16.5. The van der Waals surface area contributed by atoms with Crippen molar-refractivity contribution in [1.82, 2.24) is 0 Å². The van der Waals surface area contributed by atoms with E-state index in [9.17, 15) is 25.5 Å². The van der Waals surface area contributed by atoms with E-state index in [1.807, 2.05) is 54.6 Å². The summed E-state index contributed by atoms with van der Waals surface area (Å²) >= 11 is 0. The van der Waals surface area contributed by atoms with Crippen LogP contribution in [0.1, 0.15) is 33.4 Å². The molecule has 0 saturated carbocycles. The third kappa shape index (κ3) is 4.99. The Morgan fingerprint density at radius 3 is 1.38 bits per heavy atom. The summed E-state index contributed by atoms with van der Waals surface area (Å²) in [7, 11) is 1.59. The minimum absolute atomic E-state index is 0.128. The monoisotopic (exact) mass is 558 g/mol. The van der Waals surface area contributed by atoms with Crippen LogP contribution in [0, 0.1) is 0 Å². The Morgan fingerprint density at radius 2 is 0.881 bits per heavy atom. The zero-order chi connectivity index (χ0) is 29.4. The van der Waals surface area contributed by atoms with Gasteiger partial charge in [0.1, 0.15) is 34.5 Å². The van der Waals surface area contributed by atoms with Gasteiger partial charge in [-0.05, 0) is 81.4 Å². The maximum absolute atomic E-state index is 11.8. The summed E-state index contributed by atoms with van der Waals surface area (Å²) in [6.45, 7) is 0. The standard InChI is InChI=1S/C36H30O6/c1-42-36-32(20-23-6-12-26(39)13-7-23)35(41)31(19-22-4-10-25(38)11-5-22)29-15-14-27-28(34(29)36)16-17-33(40)30(27)18-21-2-8-24(37)9-3-21/h2-17,37-41H,18-20H2,1H3. The molecule has 0 spiro atoms. The van der Waals surface area contributed by atoms with Crippen LogP contribution in [-0.2, 0) is 19.3 Å². The molecule has 6 aromatic carbocycles. The van der Waals surface area contributed by atoms with Gasteiger partial charge >= 0.3 is 0 Å². The fourth-order valence-corrected chi connectivity index (χ4v) is 5.73. The molecule has 0 amide bonds. The van der Waals surface area contributed by atoms with Gasteiger partial charge in [0, 0.05) is 41.3 Å². The minimum Gasteiger partial charge on any atom is -0.508 e. The van der Waals surface area contributed by atoms with E-state index < -0.39 is 0 Å². The highest BCUT2D eigenvalue weighted by molar-refractivity contribution is 6.14. The van der Waals surface area contributed by atoms with Gasteiger partial charge in [0.25, 0.3) is 0 Å². The Bertz CT molecular complexity index is 1910. The smallest absolute Gasteiger partial charge is 0.134 e. The Morgan fingerprint density at radius 1 is 0.452 bits per heavy atom. The van der Waals surface area contributed by atoms with Crippen molar-refractivity contribution >= 4 is 21.5 Å². The topological polar surface area (TPSA) is 110 Å². The second kappa shape index (κ2) is 10.9. The molecular formula is C36H30O6. The van der Waals surface area contributed by atoms with Crippen LogP contribution in [0.3, 0.4) is 0 Å². The SMILES string of the molecule is COc1c(Cc2ccc(O)cc2)c(O)c(Cc2ccc(O)cc2)c2ccc3c(Cc4ccc(O)cc4)c(O)ccc3c12. The molecule has 0 aromatic heterocycles. The zero-order valence-corrected chi connectivity index (χ0v) is 23.0. The molecule has 42 heavy (non-hydrogen) atoms. The van der Waals surface area contributed by atoms with Gasteiger partial charge < -0.3 is 30.3 Å². The van der Waals surface area contributed by atoms with Crippen molar-refractivity contribution in [1.29, 1.82) is 0 Å². The van der Waals surface area contributed by atoms with Gasteiger partial charge in [-0.15, -0.1) is 0 Å². The molecule has 0 fully saturated rings. The van der Waals surface area contributed by atoms with Crippen molar-refractivity contribution in [2.75, 3.05) is 7.11 Å². The lowest BCUT2D eigenvalue weighted by atomic mass is 9.87. The van der Waals surface area contributed by atoms with E-state index in [2.05, 4.69) is 0 Å². The number of methoxy groups -OCH3 is 1. The zero-order valence-electron chi connectivity index (χ0n) is 23.0. The Kier molecular flexibility index (Phi) is 6.97. The second-order valence-electron chi connectivity index (χ2n) is 10.5. The van der Waals surface area contributed by atoms with E-state index >= 15 is 0 Å². The summed E-state index contributed by atoms with van der Waals surface area (Å²) in [5, 5.41) is 55.4. The van der Waals surface area contributed by atoms with Gasteiger partial charge in [-0.2, -0.15) is 0 Å². The normalized spacial score (nSPS) is 11.3. The fraction of sp³-hybridized carbons (Fsp3) is 0.111. The first kappa shape index (κ1) is 26.8. The van der Waals surface area contributed by atoms with Crippen molar-refractivity contribution in [3.05, 3.63) is 130 Å². The van der Waals surface area contributed by atoms with Gasteiger partial charge in [0.15, 0.2) is 0 Å². The summed E-state index contributed by atoms with van der Waals surface area (Å²) < 4.78 is 6.03. The number of hydrogen-bond donors (Lipinski definition) is 5. The number of phenolic OH excluding ortho intramolecular Hbond substituents is 5. The average molecular weight is 559 g/mol. The first-order chi connectivity index (χ1) is 20.3. The quantitative estimate of drug-likeness (QED) is 0.132. The molecule has 6 nitrogen and oxygen atoms in total. The van der Waals surface area contributed by atoms with E-state index in [0.29, 0.717) is 30.6 Å². The predicted octanol–water partition coefficient (Wildman–Crippen LogP) is 7.30. The molecule has 0 aliphatic carbocycles. The van der Waals surface area contributed by atoms with E-state index in [1.165, 1.54) is 0 Å². The molecule has 0 unspecified atom stereocenters. The molecular weight excluding hydrogens is 528 g/mol. The molecule has 6 aromatic rings. The van der Waals surface area contributed by atoms with Crippen LogP contribution >= 0.6 is 0 Å². The fourth-order valence-electron chi connectivity index (χ4n) is 5.73. The molecule has 0 radical (unpaired) electrons. The van der Waals surface area contributed by atoms with Gasteiger partial charge in [0.05, 0.1) is 7.11 Å². The van der Waals surface area contributed by atoms with Gasteiger partial charge in [-0.1, -0.05) is 48.5 Å². The summed E-state index contributed by atoms with van der Waals surface area (Å²) in [4.78, 5) is 0. The van der Waals surface area contributed by atoms with Crippen LogP contribution in [-0.4, -0.2) is 32.6 Å². The minimum atomic E-state index is 0.128. The Balaban J connectivity index is 1.62. The first-order valence-electron chi connectivity index (χ1n) is 13.6. The number of aromatic hydroxyl groups is 5. The third-order valence-corrected chi connectivity index (χ3v) is 7.84. The van der Waals surface area contributed by atoms with Crippen LogP contribution < -0.4 is 4.74 Å². The largest absolute Gasteiger partial charge is 0.508 e. The average Bonchev–Trinajstić information content (AvgIpc) is 2.99. The molecule has 0 heterocycles. The van der Waals surface area contributed by atoms with Crippen LogP contribution in [0.2, 0.25) is 0 Å². The third-order valence-electron chi connectivity index (χ3n) is 7.84. The lowest BCUT2D eigenvalue weighted by Gasteiger charge is -2.21. The lowest BCUT2D eigenvalue weighted by Crippen LogP contribution is -2.02. The first-order valence-corrected chi connectivity index (χ1v) is 13.6. The maximum Gasteiger partial charge on any atom is 0.134 e. The summed E-state index contributed by atoms with van der Waals surface area (Å²) in [5.41, 5.74) is 4.83. The lowest BCUT2D eigenvalue weighted by molar-refractivity contribution is 0.405. The van der Waals surface area contributed by atoms with Gasteiger partial charge in [-0.25, -0.2) is 0 Å². The van der Waals surface area contributed by atoms with Crippen LogP contribution in [0.4, 0.5) is 0 Å². The highest BCUT2D eigenvalue weighted by Gasteiger charge is 2.23. The van der Waals surface area contributed by atoms with Crippen molar-refractivity contribution in [2.24, 2.45) is 0 Å². The summed E-state index contributed by atoms with van der Waals surface area (Å²) in [5.74, 6) is 1.34. The molecule has 0 atom stereocenters. The number of hydrogen-bond acceptors (Lipinski definition) is 6. The van der Waals surface area contributed by atoms with Crippen molar-refractivity contribution in [2.45, 2.75) is 19.3 Å². The van der Waals surface area contributed by atoms with E-state index in [-0.39, 0.29) is 28.7 Å². The molecule has 0 aliphatic heterocycles.